The highest BCUT2D eigenvalue weighted by molar-refractivity contribution is 7.86. The Labute approximate surface area is 126 Å². The maximum absolute atomic E-state index is 11.0. The molecule has 0 spiro atoms. The highest BCUT2D eigenvalue weighted by atomic mass is 32.2. The molecule has 0 aromatic rings. The van der Waals surface area contributed by atoms with Gasteiger partial charge in [-0.1, -0.05) is 84.5 Å². The van der Waals surface area contributed by atoms with Gasteiger partial charge in [0.15, 0.2) is 0 Å². The van der Waals surface area contributed by atoms with Crippen molar-refractivity contribution < 1.29 is 13.0 Å². The zero-order valence-electron chi connectivity index (χ0n) is 13.4. The Bertz CT molecular complexity index is 299. The lowest BCUT2D eigenvalue weighted by Gasteiger charge is -2.10. The van der Waals surface area contributed by atoms with Crippen LogP contribution in [0.5, 0.6) is 0 Å². The van der Waals surface area contributed by atoms with Gasteiger partial charge in [0, 0.05) is 0 Å². The molecular formula is C16H34O3S. The van der Waals surface area contributed by atoms with Crippen molar-refractivity contribution in [3.8, 4) is 0 Å². The van der Waals surface area contributed by atoms with Crippen LogP contribution in [0.15, 0.2) is 0 Å². The predicted octanol–water partition coefficient (Wildman–Crippen LogP) is 5.35. The summed E-state index contributed by atoms with van der Waals surface area (Å²) in [6, 6.07) is 0. The monoisotopic (exact) mass is 306 g/mol. The minimum atomic E-state index is -3.83. The Morgan fingerprint density at radius 3 is 1.50 bits per heavy atom. The molecule has 0 bridgehead atoms. The van der Waals surface area contributed by atoms with Crippen LogP contribution in [-0.4, -0.2) is 18.2 Å². The summed E-state index contributed by atoms with van der Waals surface area (Å²) in [4.78, 5) is 0. The van der Waals surface area contributed by atoms with E-state index in [2.05, 4.69) is 6.92 Å². The minimum Gasteiger partial charge on any atom is -0.285 e. The molecule has 0 aliphatic rings. The molecule has 1 unspecified atom stereocenters. The van der Waals surface area contributed by atoms with Crippen LogP contribution in [0.2, 0.25) is 0 Å². The van der Waals surface area contributed by atoms with E-state index in [4.69, 9.17) is 4.55 Å². The number of hydrogen-bond acceptors (Lipinski definition) is 2. The lowest BCUT2D eigenvalue weighted by Crippen LogP contribution is -2.19. The van der Waals surface area contributed by atoms with Gasteiger partial charge in [-0.3, -0.25) is 4.55 Å². The van der Waals surface area contributed by atoms with Gasteiger partial charge in [-0.15, -0.1) is 0 Å². The van der Waals surface area contributed by atoms with Crippen molar-refractivity contribution in [2.75, 3.05) is 0 Å². The number of hydrogen-bond donors (Lipinski definition) is 1. The zero-order chi connectivity index (χ0) is 15.3. The van der Waals surface area contributed by atoms with Crippen LogP contribution in [0.4, 0.5) is 0 Å². The SMILES string of the molecule is CCCCCCCCCCCCCC(CC)S(=O)(=O)O. The van der Waals surface area contributed by atoms with E-state index >= 15 is 0 Å². The molecule has 0 amide bonds. The van der Waals surface area contributed by atoms with Crippen LogP contribution < -0.4 is 0 Å². The Hall–Kier alpha value is -0.0900. The first-order valence-electron chi connectivity index (χ1n) is 8.48. The van der Waals surface area contributed by atoms with Crippen molar-refractivity contribution in [2.24, 2.45) is 0 Å². The van der Waals surface area contributed by atoms with Crippen molar-refractivity contribution in [2.45, 2.75) is 103 Å². The van der Waals surface area contributed by atoms with Gasteiger partial charge in [0.05, 0.1) is 5.25 Å². The smallest absolute Gasteiger partial charge is 0.267 e. The van der Waals surface area contributed by atoms with Crippen molar-refractivity contribution >= 4 is 10.1 Å². The summed E-state index contributed by atoms with van der Waals surface area (Å²) < 4.78 is 31.1. The Morgan fingerprint density at radius 1 is 0.750 bits per heavy atom. The van der Waals surface area contributed by atoms with E-state index in [0.717, 1.165) is 12.8 Å². The lowest BCUT2D eigenvalue weighted by atomic mass is 10.0. The van der Waals surface area contributed by atoms with Crippen LogP contribution in [-0.2, 0) is 10.1 Å². The topological polar surface area (TPSA) is 54.4 Å². The normalized spacial score (nSPS) is 13.6. The molecule has 0 aliphatic heterocycles. The number of unbranched alkanes of at least 4 members (excludes halogenated alkanes) is 10. The predicted molar refractivity (Wildman–Crippen MR) is 86.7 cm³/mol. The van der Waals surface area contributed by atoms with Crippen molar-refractivity contribution in [3.05, 3.63) is 0 Å². The first-order valence-corrected chi connectivity index (χ1v) is 9.99. The van der Waals surface area contributed by atoms with Gasteiger partial charge < -0.3 is 0 Å². The van der Waals surface area contributed by atoms with Gasteiger partial charge in [0.1, 0.15) is 0 Å². The van der Waals surface area contributed by atoms with Crippen molar-refractivity contribution in [1.29, 1.82) is 0 Å². The summed E-state index contributed by atoms with van der Waals surface area (Å²) >= 11 is 0. The molecule has 4 heteroatoms. The molecule has 3 nitrogen and oxygen atoms in total. The third kappa shape index (κ3) is 11.7. The van der Waals surface area contributed by atoms with Crippen LogP contribution in [0.25, 0.3) is 0 Å². The molecule has 0 saturated heterocycles. The Balaban J connectivity index is 3.32. The average Bonchev–Trinajstić information content (AvgIpc) is 2.38. The fourth-order valence-corrected chi connectivity index (χ4v) is 3.49. The van der Waals surface area contributed by atoms with Gasteiger partial charge in [-0.25, -0.2) is 0 Å². The van der Waals surface area contributed by atoms with E-state index in [9.17, 15) is 8.42 Å². The van der Waals surface area contributed by atoms with Gasteiger partial charge in [-0.2, -0.15) is 8.42 Å². The molecule has 0 aliphatic carbocycles. The second kappa shape index (κ2) is 12.6. The highest BCUT2D eigenvalue weighted by Crippen LogP contribution is 2.16. The fraction of sp³-hybridized carbons (Fsp3) is 1.00. The first kappa shape index (κ1) is 19.9. The fourth-order valence-electron chi connectivity index (χ4n) is 2.60. The molecule has 0 fully saturated rings. The highest BCUT2D eigenvalue weighted by Gasteiger charge is 2.19. The van der Waals surface area contributed by atoms with E-state index in [1.165, 1.54) is 57.8 Å². The third-order valence-corrected chi connectivity index (χ3v) is 5.42. The molecule has 122 valence electrons. The maximum atomic E-state index is 11.0. The lowest BCUT2D eigenvalue weighted by molar-refractivity contribution is 0.452. The molecular weight excluding hydrogens is 272 g/mol. The standard InChI is InChI=1S/C16H34O3S/c1-3-5-6-7-8-9-10-11-12-13-14-15-16(4-2)20(17,18)19/h16H,3-15H2,1-2H3,(H,17,18,19). The van der Waals surface area contributed by atoms with Gasteiger partial charge in [-0.05, 0) is 12.8 Å². The van der Waals surface area contributed by atoms with Gasteiger partial charge in [0.2, 0.25) is 0 Å². The maximum Gasteiger partial charge on any atom is 0.267 e. The van der Waals surface area contributed by atoms with Gasteiger partial charge >= 0.3 is 0 Å². The summed E-state index contributed by atoms with van der Waals surface area (Å²) in [5, 5.41) is -0.555. The van der Waals surface area contributed by atoms with E-state index in [1.807, 2.05) is 6.92 Å². The summed E-state index contributed by atoms with van der Waals surface area (Å²) in [7, 11) is -3.83. The molecule has 20 heavy (non-hydrogen) atoms. The van der Waals surface area contributed by atoms with Crippen molar-refractivity contribution in [1.82, 2.24) is 0 Å². The second-order valence-corrected chi connectivity index (χ2v) is 7.57. The molecule has 0 saturated carbocycles. The van der Waals surface area contributed by atoms with E-state index < -0.39 is 15.4 Å². The second-order valence-electron chi connectivity index (χ2n) is 5.87. The van der Waals surface area contributed by atoms with Crippen LogP contribution in [0, 0.1) is 0 Å². The van der Waals surface area contributed by atoms with Gasteiger partial charge in [0.25, 0.3) is 10.1 Å². The Kier molecular flexibility index (Phi) is 12.6. The van der Waals surface area contributed by atoms with E-state index in [1.54, 1.807) is 0 Å². The summed E-state index contributed by atoms with van der Waals surface area (Å²) in [5.41, 5.74) is 0. The van der Waals surface area contributed by atoms with Crippen LogP contribution in [0.3, 0.4) is 0 Å². The molecule has 0 radical (unpaired) electrons. The minimum absolute atomic E-state index is 0.511. The third-order valence-electron chi connectivity index (χ3n) is 4.01. The van der Waals surface area contributed by atoms with Crippen LogP contribution >= 0.6 is 0 Å². The quantitative estimate of drug-likeness (QED) is 0.347. The van der Waals surface area contributed by atoms with E-state index in [-0.39, 0.29) is 0 Å². The van der Waals surface area contributed by atoms with E-state index in [0.29, 0.717) is 12.8 Å². The zero-order valence-corrected chi connectivity index (χ0v) is 14.3. The summed E-state index contributed by atoms with van der Waals surface area (Å²) in [6.45, 7) is 4.06. The molecule has 0 heterocycles. The molecule has 0 aromatic carbocycles. The Morgan fingerprint density at radius 2 is 1.15 bits per heavy atom. The number of rotatable bonds is 14. The average molecular weight is 307 g/mol. The largest absolute Gasteiger partial charge is 0.285 e. The molecule has 1 N–H and O–H groups in total. The molecule has 1 atom stereocenters. The summed E-state index contributed by atoms with van der Waals surface area (Å²) in [5.74, 6) is 0. The molecule has 0 rings (SSSR count). The summed E-state index contributed by atoms with van der Waals surface area (Å²) in [6.07, 6.45) is 15.0. The van der Waals surface area contributed by atoms with Crippen molar-refractivity contribution in [3.63, 3.8) is 0 Å². The first-order chi connectivity index (χ1) is 9.52. The van der Waals surface area contributed by atoms with Crippen LogP contribution in [0.1, 0.15) is 97.3 Å². The molecule has 0 aromatic heterocycles.